The summed E-state index contributed by atoms with van der Waals surface area (Å²) in [5.41, 5.74) is 1.05. The maximum atomic E-state index is 12.8. The van der Waals surface area contributed by atoms with Crippen LogP contribution in [0.25, 0.3) is 0 Å². The van der Waals surface area contributed by atoms with Crippen LogP contribution >= 0.6 is 0 Å². The van der Waals surface area contributed by atoms with Gasteiger partial charge in [-0.15, -0.1) is 0 Å². The number of carbonyl (C=O) groups excluding carboxylic acids is 2. The quantitative estimate of drug-likeness (QED) is 0.806. The van der Waals surface area contributed by atoms with Gasteiger partial charge in [0.1, 0.15) is 11.6 Å². The SMILES string of the molecule is CCOc1ccccc1C(=O)Nc1ccc(N2CCN(C3CCCC3)C2=O)nc1. The Morgan fingerprint density at radius 3 is 2.69 bits per heavy atom. The lowest BCUT2D eigenvalue weighted by Crippen LogP contribution is -2.38. The fraction of sp³-hybridized carbons (Fsp3) is 0.409. The first-order valence-electron chi connectivity index (χ1n) is 10.2. The number of hydrogen-bond donors (Lipinski definition) is 1. The summed E-state index contributed by atoms with van der Waals surface area (Å²) in [4.78, 5) is 33.5. The molecule has 0 radical (unpaired) electrons. The number of pyridine rings is 1. The number of benzene rings is 1. The van der Waals surface area contributed by atoms with Gasteiger partial charge in [0.15, 0.2) is 0 Å². The van der Waals surface area contributed by atoms with Crippen molar-refractivity contribution < 1.29 is 14.3 Å². The maximum absolute atomic E-state index is 12.8. The molecule has 0 atom stereocenters. The van der Waals surface area contributed by atoms with E-state index in [4.69, 9.17) is 4.74 Å². The number of aromatic nitrogens is 1. The smallest absolute Gasteiger partial charge is 0.326 e. The summed E-state index contributed by atoms with van der Waals surface area (Å²) < 4.78 is 5.52. The summed E-state index contributed by atoms with van der Waals surface area (Å²) in [7, 11) is 0. The molecular weight excluding hydrogens is 368 g/mol. The van der Waals surface area contributed by atoms with E-state index in [0.717, 1.165) is 19.4 Å². The van der Waals surface area contributed by atoms with Gasteiger partial charge >= 0.3 is 6.03 Å². The highest BCUT2D eigenvalue weighted by Crippen LogP contribution is 2.28. The minimum Gasteiger partial charge on any atom is -0.493 e. The molecule has 7 heteroatoms. The lowest BCUT2D eigenvalue weighted by Gasteiger charge is -2.23. The third-order valence-corrected chi connectivity index (χ3v) is 5.52. The van der Waals surface area contributed by atoms with Crippen LogP contribution in [0.1, 0.15) is 43.0 Å². The van der Waals surface area contributed by atoms with Crippen LogP contribution in [0.15, 0.2) is 42.6 Å². The Hall–Kier alpha value is -3.09. The Balaban J connectivity index is 1.42. The molecule has 1 N–H and O–H groups in total. The third-order valence-electron chi connectivity index (χ3n) is 5.52. The summed E-state index contributed by atoms with van der Waals surface area (Å²) in [5, 5.41) is 2.84. The molecule has 2 aliphatic rings. The Bertz CT molecular complexity index is 878. The number of carbonyl (C=O) groups is 2. The standard InChI is InChI=1S/C22H26N4O3/c1-2-29-19-10-6-5-9-18(19)21(27)24-16-11-12-20(23-15-16)26-14-13-25(22(26)28)17-7-3-4-8-17/h5-6,9-12,15,17H,2-4,7-8,13-14H2,1H3,(H,24,27). The molecule has 152 valence electrons. The lowest BCUT2D eigenvalue weighted by molar-refractivity contribution is 0.102. The second kappa shape index (κ2) is 8.51. The van der Waals surface area contributed by atoms with Gasteiger partial charge in [0, 0.05) is 19.1 Å². The average molecular weight is 394 g/mol. The molecule has 0 bridgehead atoms. The maximum Gasteiger partial charge on any atom is 0.326 e. The van der Waals surface area contributed by atoms with E-state index in [1.165, 1.54) is 12.8 Å². The minimum absolute atomic E-state index is 0.0341. The summed E-state index contributed by atoms with van der Waals surface area (Å²) >= 11 is 0. The number of rotatable bonds is 6. The van der Waals surface area contributed by atoms with E-state index in [-0.39, 0.29) is 11.9 Å². The fourth-order valence-electron chi connectivity index (χ4n) is 4.07. The van der Waals surface area contributed by atoms with Crippen LogP contribution < -0.4 is 15.0 Å². The van der Waals surface area contributed by atoms with Crippen LogP contribution in [0.2, 0.25) is 0 Å². The minimum atomic E-state index is -0.256. The van der Waals surface area contributed by atoms with Crippen LogP contribution in [-0.4, -0.2) is 47.6 Å². The molecule has 0 unspecified atom stereocenters. The molecular formula is C22H26N4O3. The molecule has 2 fully saturated rings. The molecule has 1 aromatic carbocycles. The van der Waals surface area contributed by atoms with Crippen molar-refractivity contribution in [2.24, 2.45) is 0 Å². The summed E-state index contributed by atoms with van der Waals surface area (Å²) in [6.45, 7) is 3.76. The topological polar surface area (TPSA) is 74.8 Å². The molecule has 3 amide bonds. The zero-order valence-electron chi connectivity index (χ0n) is 16.6. The summed E-state index contributed by atoms with van der Waals surface area (Å²) in [6.07, 6.45) is 6.19. The van der Waals surface area contributed by atoms with E-state index in [9.17, 15) is 9.59 Å². The molecule has 1 aliphatic carbocycles. The second-order valence-corrected chi connectivity index (χ2v) is 7.35. The number of hydrogen-bond acceptors (Lipinski definition) is 4. The number of anilines is 2. The summed E-state index contributed by atoms with van der Waals surface area (Å²) in [5.74, 6) is 0.906. The number of ether oxygens (including phenoxy) is 1. The van der Waals surface area contributed by atoms with Gasteiger partial charge in [-0.25, -0.2) is 9.78 Å². The van der Waals surface area contributed by atoms with E-state index >= 15 is 0 Å². The molecule has 7 nitrogen and oxygen atoms in total. The molecule has 2 aromatic rings. The third kappa shape index (κ3) is 4.04. The van der Waals surface area contributed by atoms with Crippen LogP contribution in [0.3, 0.4) is 0 Å². The number of amides is 3. The highest BCUT2D eigenvalue weighted by molar-refractivity contribution is 6.06. The van der Waals surface area contributed by atoms with Crippen molar-refractivity contribution in [1.29, 1.82) is 0 Å². The molecule has 1 saturated heterocycles. The van der Waals surface area contributed by atoms with Crippen molar-refractivity contribution >= 4 is 23.4 Å². The predicted octanol–water partition coefficient (Wildman–Crippen LogP) is 3.92. The first-order chi connectivity index (χ1) is 14.2. The molecule has 4 rings (SSSR count). The predicted molar refractivity (Wildman–Crippen MR) is 112 cm³/mol. The van der Waals surface area contributed by atoms with E-state index < -0.39 is 0 Å². The number of nitrogens with one attached hydrogen (secondary N) is 1. The highest BCUT2D eigenvalue weighted by Gasteiger charge is 2.36. The van der Waals surface area contributed by atoms with E-state index in [1.807, 2.05) is 17.9 Å². The van der Waals surface area contributed by atoms with Gasteiger partial charge in [0.05, 0.1) is 24.1 Å². The average Bonchev–Trinajstić information content (AvgIpc) is 3.39. The Morgan fingerprint density at radius 2 is 1.97 bits per heavy atom. The Kier molecular flexibility index (Phi) is 5.64. The van der Waals surface area contributed by atoms with Crippen molar-refractivity contribution in [3.05, 3.63) is 48.2 Å². The molecule has 1 aromatic heterocycles. The monoisotopic (exact) mass is 394 g/mol. The van der Waals surface area contributed by atoms with Crippen molar-refractivity contribution in [2.45, 2.75) is 38.6 Å². The highest BCUT2D eigenvalue weighted by atomic mass is 16.5. The van der Waals surface area contributed by atoms with E-state index in [0.29, 0.717) is 42.0 Å². The van der Waals surface area contributed by atoms with Crippen molar-refractivity contribution in [3.8, 4) is 5.75 Å². The zero-order valence-corrected chi connectivity index (χ0v) is 16.6. The Labute approximate surface area is 170 Å². The number of nitrogens with zero attached hydrogens (tertiary/aromatic N) is 3. The van der Waals surface area contributed by atoms with Crippen LogP contribution in [0.4, 0.5) is 16.3 Å². The van der Waals surface area contributed by atoms with Crippen LogP contribution in [0.5, 0.6) is 5.75 Å². The molecule has 0 spiro atoms. The van der Waals surface area contributed by atoms with Gasteiger partial charge in [0.25, 0.3) is 5.91 Å². The van der Waals surface area contributed by atoms with Gasteiger partial charge in [0.2, 0.25) is 0 Å². The molecule has 1 aliphatic heterocycles. The first kappa shape index (κ1) is 19.2. The van der Waals surface area contributed by atoms with Crippen molar-refractivity contribution in [2.75, 3.05) is 29.9 Å². The van der Waals surface area contributed by atoms with Gasteiger partial charge in [-0.1, -0.05) is 25.0 Å². The number of urea groups is 1. The van der Waals surface area contributed by atoms with Crippen molar-refractivity contribution in [3.63, 3.8) is 0 Å². The van der Waals surface area contributed by atoms with Gasteiger partial charge in [-0.05, 0) is 44.0 Å². The largest absolute Gasteiger partial charge is 0.493 e. The van der Waals surface area contributed by atoms with Gasteiger partial charge in [-0.3, -0.25) is 9.69 Å². The molecule has 29 heavy (non-hydrogen) atoms. The van der Waals surface area contributed by atoms with Crippen LogP contribution in [-0.2, 0) is 0 Å². The fourth-order valence-corrected chi connectivity index (χ4v) is 4.07. The Morgan fingerprint density at radius 1 is 1.17 bits per heavy atom. The normalized spacial score (nSPS) is 17.1. The van der Waals surface area contributed by atoms with Crippen LogP contribution in [0, 0.1) is 0 Å². The van der Waals surface area contributed by atoms with Gasteiger partial charge in [-0.2, -0.15) is 0 Å². The first-order valence-corrected chi connectivity index (χ1v) is 10.2. The van der Waals surface area contributed by atoms with E-state index in [2.05, 4.69) is 10.3 Å². The van der Waals surface area contributed by atoms with E-state index in [1.54, 1.807) is 41.4 Å². The molecule has 2 heterocycles. The van der Waals surface area contributed by atoms with Gasteiger partial charge < -0.3 is 15.0 Å². The van der Waals surface area contributed by atoms with Crippen molar-refractivity contribution in [1.82, 2.24) is 9.88 Å². The lowest BCUT2D eigenvalue weighted by atomic mass is 10.2. The molecule has 1 saturated carbocycles. The second-order valence-electron chi connectivity index (χ2n) is 7.35. The number of para-hydroxylation sites is 1. The zero-order chi connectivity index (χ0) is 20.2. The summed E-state index contributed by atoms with van der Waals surface area (Å²) in [6, 6.07) is 11.1.